The number of benzene rings is 2. The number of rotatable bonds is 6. The van der Waals surface area contributed by atoms with Gasteiger partial charge < -0.3 is 24.1 Å². The molecule has 44 heavy (non-hydrogen) atoms. The molecule has 2 aromatic carbocycles. The fraction of sp³-hybridized carbons (Fsp3) is 0.556. The predicted octanol–water partition coefficient (Wildman–Crippen LogP) is 4.86. The van der Waals surface area contributed by atoms with Crippen molar-refractivity contribution < 1.29 is 33.6 Å². The van der Waals surface area contributed by atoms with E-state index in [2.05, 4.69) is 18.4 Å². The summed E-state index contributed by atoms with van der Waals surface area (Å²) in [5.74, 6) is 0.919. The molecule has 2 aromatic rings. The van der Waals surface area contributed by atoms with Crippen LogP contribution in [-0.4, -0.2) is 66.7 Å². The smallest absolute Gasteiger partial charge is 0.339 e. The average Bonchev–Trinajstić information content (AvgIpc) is 3.41. The highest BCUT2D eigenvalue weighted by molar-refractivity contribution is 5.90. The summed E-state index contributed by atoms with van der Waals surface area (Å²) in [5, 5.41) is 12.2. The van der Waals surface area contributed by atoms with Crippen LogP contribution in [0.3, 0.4) is 0 Å². The molecular formula is C36H39NO7. The first kappa shape index (κ1) is 27.0. The molecule has 0 amide bonds. The van der Waals surface area contributed by atoms with Crippen molar-refractivity contribution in [3.8, 4) is 11.5 Å². The van der Waals surface area contributed by atoms with Crippen LogP contribution in [0, 0.1) is 39.9 Å². The maximum Gasteiger partial charge on any atom is 0.339 e. The van der Waals surface area contributed by atoms with Gasteiger partial charge in [0.25, 0.3) is 0 Å². The molecule has 0 radical (unpaired) electrons. The monoisotopic (exact) mass is 597 g/mol. The summed E-state index contributed by atoms with van der Waals surface area (Å²) >= 11 is 0. The Morgan fingerprint density at radius 1 is 0.932 bits per heavy atom. The van der Waals surface area contributed by atoms with Crippen LogP contribution in [0.25, 0.3) is 0 Å². The molecule has 3 aliphatic heterocycles. The Labute approximate surface area is 257 Å². The number of ether oxygens (including phenoxy) is 4. The van der Waals surface area contributed by atoms with Crippen LogP contribution in [0.5, 0.6) is 11.5 Å². The number of esters is 2. The van der Waals surface area contributed by atoms with E-state index in [1.54, 1.807) is 62.8 Å². The van der Waals surface area contributed by atoms with Gasteiger partial charge in [-0.25, -0.2) is 9.59 Å². The van der Waals surface area contributed by atoms with E-state index in [9.17, 15) is 14.7 Å². The van der Waals surface area contributed by atoms with Crippen LogP contribution < -0.4 is 9.47 Å². The van der Waals surface area contributed by atoms with E-state index >= 15 is 0 Å². The van der Waals surface area contributed by atoms with Gasteiger partial charge in [-0.15, -0.1) is 0 Å². The Kier molecular flexibility index (Phi) is 5.19. The number of hydrogen-bond donors (Lipinski definition) is 1. The summed E-state index contributed by atoms with van der Waals surface area (Å²) in [6.45, 7) is 7.67. The number of aliphatic hydroxyl groups excluding tert-OH is 1. The van der Waals surface area contributed by atoms with Gasteiger partial charge in [-0.1, -0.05) is 19.9 Å². The Balaban J connectivity index is 1.15. The lowest BCUT2D eigenvalue weighted by molar-refractivity contribution is -0.270. The first-order valence-corrected chi connectivity index (χ1v) is 16.0. The van der Waals surface area contributed by atoms with Crippen molar-refractivity contribution in [2.45, 2.75) is 63.0 Å². The quantitative estimate of drug-likeness (QED) is 0.373. The lowest BCUT2D eigenvalue weighted by Crippen LogP contribution is -2.72. The molecule has 6 saturated carbocycles. The fourth-order valence-corrected chi connectivity index (χ4v) is 12.7. The molecule has 9 aliphatic rings. The minimum Gasteiger partial charge on any atom is -0.497 e. The summed E-state index contributed by atoms with van der Waals surface area (Å²) < 4.78 is 24.0. The van der Waals surface area contributed by atoms with Gasteiger partial charge >= 0.3 is 11.9 Å². The van der Waals surface area contributed by atoms with E-state index in [4.69, 9.17) is 18.9 Å². The molecule has 3 saturated heterocycles. The average molecular weight is 598 g/mol. The third-order valence-corrected chi connectivity index (χ3v) is 13.5. The number of aliphatic hydroxyl groups is 1. The summed E-state index contributed by atoms with van der Waals surface area (Å²) in [6.07, 6.45) is 3.43. The third kappa shape index (κ3) is 2.85. The van der Waals surface area contributed by atoms with Crippen molar-refractivity contribution in [3.63, 3.8) is 0 Å². The molecule has 3 heterocycles. The summed E-state index contributed by atoms with van der Waals surface area (Å²) in [7, 11) is 3.21. The molecule has 6 aliphatic carbocycles. The third-order valence-electron chi connectivity index (χ3n) is 13.5. The lowest BCUT2D eigenvalue weighted by atomic mass is 9.38. The van der Waals surface area contributed by atoms with Crippen LogP contribution in [0.15, 0.2) is 60.7 Å². The van der Waals surface area contributed by atoms with Crippen molar-refractivity contribution >= 4 is 11.9 Å². The van der Waals surface area contributed by atoms with E-state index in [1.807, 2.05) is 0 Å². The second-order valence-electron chi connectivity index (χ2n) is 14.9. The maximum absolute atomic E-state index is 13.9. The standard InChI is InChI=1S/C36H39NO7/c1-19-24-16-25-28-34-15-5-14-33(2)18-37(28)36(32(33)34,44-31(40)21-8-12-23(42-4)13-9-21)17-35(25,29(19)38)27(34)26(24)43-30(39)20-6-10-22(41-3)11-7-20/h6-13,24-29,32,38H,1,5,14-18H2,2-4H3/t24-,25-,26+,27+,28?,29-,32-,33+,34+,35-,36+/m1/s1. The molecule has 9 fully saturated rings. The minimum atomic E-state index is -0.806. The van der Waals surface area contributed by atoms with Gasteiger partial charge in [-0.3, -0.25) is 4.90 Å². The Morgan fingerprint density at radius 3 is 2.20 bits per heavy atom. The first-order valence-electron chi connectivity index (χ1n) is 16.0. The number of fused-ring (bicyclic) bond motifs is 1. The molecule has 2 unspecified atom stereocenters. The van der Waals surface area contributed by atoms with Gasteiger partial charge in [-0.05, 0) is 84.7 Å². The molecular weight excluding hydrogens is 558 g/mol. The Bertz CT molecular complexity index is 1610. The number of nitrogens with zero attached hydrogens (tertiary/aromatic N) is 1. The first-order chi connectivity index (χ1) is 21.1. The van der Waals surface area contributed by atoms with Crippen molar-refractivity contribution in [2.75, 3.05) is 20.8 Å². The SMILES string of the molecule is C=C1[C@H]2C[C@@H]3C4N5C[C@]6(C)CCC[C@@]47[C@@H]6[C@@]5(OC(=O)c4ccc(OC)cc4)C[C@]3([C@@H]1O)[C@H]7[C@H]2OC(=O)c1ccc(OC)cc1. The number of piperidine rings is 2. The number of methoxy groups -OCH3 is 2. The molecule has 1 N–H and O–H groups in total. The molecule has 8 nitrogen and oxygen atoms in total. The van der Waals surface area contributed by atoms with Crippen LogP contribution >= 0.6 is 0 Å². The highest BCUT2D eigenvalue weighted by atomic mass is 16.6. The number of carbonyl (C=O) groups excluding carboxylic acids is 2. The van der Waals surface area contributed by atoms with Gasteiger partial charge in [0.15, 0.2) is 5.72 Å². The van der Waals surface area contributed by atoms with Crippen LogP contribution in [-0.2, 0) is 9.47 Å². The van der Waals surface area contributed by atoms with Crippen LogP contribution in [0.4, 0.5) is 0 Å². The Hall–Kier alpha value is -3.36. The second kappa shape index (κ2) is 8.46. The van der Waals surface area contributed by atoms with Gasteiger partial charge in [0.1, 0.15) is 17.6 Å². The second-order valence-corrected chi connectivity index (χ2v) is 14.9. The normalized spacial score (nSPS) is 46.2. The van der Waals surface area contributed by atoms with Gasteiger partial charge in [0, 0.05) is 47.6 Å². The summed E-state index contributed by atoms with van der Waals surface area (Å²) in [4.78, 5) is 30.2. The van der Waals surface area contributed by atoms with Crippen molar-refractivity contribution in [2.24, 2.45) is 39.9 Å². The number of hydrogen-bond acceptors (Lipinski definition) is 8. The van der Waals surface area contributed by atoms with E-state index in [0.29, 0.717) is 29.0 Å². The molecule has 11 rings (SSSR count). The fourth-order valence-electron chi connectivity index (χ4n) is 12.7. The molecule has 2 spiro atoms. The molecule has 9 bridgehead atoms. The van der Waals surface area contributed by atoms with Gasteiger partial charge in [0.05, 0.1) is 31.5 Å². The number of carbonyl (C=O) groups is 2. The van der Waals surface area contributed by atoms with Gasteiger partial charge in [0.2, 0.25) is 0 Å². The van der Waals surface area contributed by atoms with Crippen molar-refractivity contribution in [1.82, 2.24) is 4.90 Å². The molecule has 230 valence electrons. The van der Waals surface area contributed by atoms with E-state index < -0.39 is 17.2 Å². The molecule has 12 atom stereocenters. The van der Waals surface area contributed by atoms with Crippen molar-refractivity contribution in [1.29, 1.82) is 0 Å². The van der Waals surface area contributed by atoms with Crippen molar-refractivity contribution in [3.05, 3.63) is 71.8 Å². The summed E-state index contributed by atoms with van der Waals surface area (Å²) in [5.41, 5.74) is 0.141. The van der Waals surface area contributed by atoms with Crippen LogP contribution in [0.1, 0.15) is 59.7 Å². The van der Waals surface area contributed by atoms with E-state index in [0.717, 1.165) is 37.8 Å². The lowest BCUT2D eigenvalue weighted by Gasteiger charge is -2.68. The zero-order valence-corrected chi connectivity index (χ0v) is 25.5. The highest BCUT2D eigenvalue weighted by Crippen LogP contribution is 2.89. The van der Waals surface area contributed by atoms with Crippen LogP contribution in [0.2, 0.25) is 0 Å². The van der Waals surface area contributed by atoms with Gasteiger partial charge in [-0.2, -0.15) is 0 Å². The largest absolute Gasteiger partial charge is 0.497 e. The van der Waals surface area contributed by atoms with E-state index in [1.165, 1.54) is 0 Å². The zero-order chi connectivity index (χ0) is 30.4. The highest BCUT2D eigenvalue weighted by Gasteiger charge is 2.95. The molecule has 8 heteroatoms. The minimum absolute atomic E-state index is 0.0193. The van der Waals surface area contributed by atoms with E-state index in [-0.39, 0.29) is 58.6 Å². The topological polar surface area (TPSA) is 94.5 Å². The zero-order valence-electron chi connectivity index (χ0n) is 25.5. The summed E-state index contributed by atoms with van der Waals surface area (Å²) in [6, 6.07) is 14.3. The Morgan fingerprint density at radius 2 is 1.57 bits per heavy atom. The molecule has 0 aromatic heterocycles. The maximum atomic E-state index is 13.9. The predicted molar refractivity (Wildman–Crippen MR) is 159 cm³/mol.